The third kappa shape index (κ3) is 3.17. The summed E-state index contributed by atoms with van der Waals surface area (Å²) >= 11 is 3.47. The molecule has 3 aromatic rings. The van der Waals surface area contributed by atoms with Crippen LogP contribution in [0.15, 0.2) is 82.4 Å². The maximum Gasteiger partial charge on any atom is 0.269 e. The Bertz CT molecular complexity index is 1110. The van der Waals surface area contributed by atoms with Crippen LogP contribution in [0.25, 0.3) is 0 Å². The van der Waals surface area contributed by atoms with Crippen LogP contribution in [0.2, 0.25) is 0 Å². The van der Waals surface area contributed by atoms with Crippen LogP contribution in [-0.4, -0.2) is 15.6 Å². The molecule has 144 valence electrons. The van der Waals surface area contributed by atoms with Crippen LogP contribution in [0.5, 0.6) is 5.75 Å². The number of ether oxygens (including phenoxy) is 1. The van der Waals surface area contributed by atoms with Gasteiger partial charge < -0.3 is 4.74 Å². The highest BCUT2D eigenvalue weighted by molar-refractivity contribution is 9.10. The van der Waals surface area contributed by atoms with Crippen LogP contribution in [0, 0.1) is 10.1 Å². The number of halogens is 1. The zero-order chi connectivity index (χ0) is 20.0. The molecule has 0 bridgehead atoms. The van der Waals surface area contributed by atoms with Gasteiger partial charge in [0.05, 0.1) is 16.7 Å². The van der Waals surface area contributed by atoms with Crippen LogP contribution < -0.4 is 4.74 Å². The summed E-state index contributed by atoms with van der Waals surface area (Å²) in [5.74, 6) is 0.823. The van der Waals surface area contributed by atoms with Crippen molar-refractivity contribution in [2.75, 3.05) is 0 Å². The van der Waals surface area contributed by atoms with Crippen LogP contribution in [0.1, 0.15) is 35.4 Å². The van der Waals surface area contributed by atoms with Crippen LogP contribution >= 0.6 is 15.9 Å². The first-order valence-corrected chi connectivity index (χ1v) is 10.0. The van der Waals surface area contributed by atoms with Gasteiger partial charge in [-0.25, -0.2) is 5.01 Å². The van der Waals surface area contributed by atoms with Gasteiger partial charge in [0.25, 0.3) is 5.69 Å². The number of hydrazone groups is 1. The van der Waals surface area contributed by atoms with E-state index in [1.54, 1.807) is 12.1 Å². The lowest BCUT2D eigenvalue weighted by molar-refractivity contribution is -0.384. The molecule has 2 unspecified atom stereocenters. The molecule has 0 radical (unpaired) electrons. The van der Waals surface area contributed by atoms with Crippen molar-refractivity contribution in [1.29, 1.82) is 0 Å². The van der Waals surface area contributed by atoms with Gasteiger partial charge in [0.1, 0.15) is 5.75 Å². The highest BCUT2D eigenvalue weighted by atomic mass is 79.9. The van der Waals surface area contributed by atoms with Crippen molar-refractivity contribution in [2.45, 2.75) is 18.7 Å². The van der Waals surface area contributed by atoms with Crippen molar-refractivity contribution in [2.24, 2.45) is 5.10 Å². The number of para-hydroxylation sites is 1. The van der Waals surface area contributed by atoms with Crippen LogP contribution in [-0.2, 0) is 0 Å². The summed E-state index contributed by atoms with van der Waals surface area (Å²) < 4.78 is 7.30. The molecule has 2 atom stereocenters. The fourth-order valence-corrected chi connectivity index (χ4v) is 4.10. The van der Waals surface area contributed by atoms with E-state index in [9.17, 15) is 10.1 Å². The third-order valence-corrected chi connectivity index (χ3v) is 5.79. The Morgan fingerprint density at radius 1 is 1.03 bits per heavy atom. The van der Waals surface area contributed by atoms with Gasteiger partial charge in [0.15, 0.2) is 0 Å². The van der Waals surface area contributed by atoms with Gasteiger partial charge in [-0.1, -0.05) is 46.3 Å². The third-order valence-electron chi connectivity index (χ3n) is 5.27. The second kappa shape index (κ2) is 7.00. The molecule has 0 amide bonds. The Morgan fingerprint density at radius 2 is 1.76 bits per heavy atom. The Morgan fingerprint density at radius 3 is 2.48 bits per heavy atom. The highest BCUT2D eigenvalue weighted by Crippen LogP contribution is 2.47. The number of nitrogens with zero attached hydrogens (tertiary/aromatic N) is 3. The number of nitro benzene ring substituents is 1. The summed E-state index contributed by atoms with van der Waals surface area (Å²) in [7, 11) is 0. The predicted octanol–water partition coefficient (Wildman–Crippen LogP) is 5.60. The number of benzene rings is 3. The Kier molecular flexibility index (Phi) is 4.32. The molecule has 7 heteroatoms. The van der Waals surface area contributed by atoms with Crippen molar-refractivity contribution < 1.29 is 9.66 Å². The largest absolute Gasteiger partial charge is 0.464 e. The average molecular weight is 450 g/mol. The van der Waals surface area contributed by atoms with Crippen molar-refractivity contribution in [1.82, 2.24) is 5.01 Å². The molecule has 0 saturated heterocycles. The first-order valence-electron chi connectivity index (χ1n) is 9.22. The van der Waals surface area contributed by atoms with Crippen molar-refractivity contribution in [3.8, 4) is 5.75 Å². The predicted molar refractivity (Wildman–Crippen MR) is 113 cm³/mol. The van der Waals surface area contributed by atoms with E-state index in [0.717, 1.165) is 39.0 Å². The molecule has 5 rings (SSSR count). The van der Waals surface area contributed by atoms with Crippen molar-refractivity contribution in [3.05, 3.63) is 104 Å². The van der Waals surface area contributed by atoms with Crippen molar-refractivity contribution in [3.63, 3.8) is 0 Å². The normalized spacial score (nSPS) is 19.8. The number of hydrogen-bond acceptors (Lipinski definition) is 5. The minimum absolute atomic E-state index is 0.0544. The molecule has 0 spiro atoms. The minimum Gasteiger partial charge on any atom is -0.464 e. The number of nitro groups is 1. The number of fused-ring (bicyclic) bond motifs is 3. The maximum absolute atomic E-state index is 11.0. The highest BCUT2D eigenvalue weighted by Gasteiger charge is 2.40. The van der Waals surface area contributed by atoms with Gasteiger partial charge in [-0.15, -0.1) is 0 Å². The topological polar surface area (TPSA) is 68.0 Å². The molecule has 0 saturated carbocycles. The van der Waals surface area contributed by atoms with Crippen LogP contribution in [0.3, 0.4) is 0 Å². The van der Waals surface area contributed by atoms with E-state index in [4.69, 9.17) is 9.84 Å². The number of non-ortho nitro benzene ring substituents is 1. The summed E-state index contributed by atoms with van der Waals surface area (Å²) in [5, 5.41) is 17.9. The quantitative estimate of drug-likeness (QED) is 0.385. The van der Waals surface area contributed by atoms with E-state index in [1.807, 2.05) is 35.3 Å². The Hall–Kier alpha value is -3.19. The summed E-state index contributed by atoms with van der Waals surface area (Å²) in [6.45, 7) is 0. The zero-order valence-electron chi connectivity index (χ0n) is 15.2. The summed E-state index contributed by atoms with van der Waals surface area (Å²) in [5.41, 5.74) is 4.05. The molecule has 3 aromatic carbocycles. The van der Waals surface area contributed by atoms with E-state index in [2.05, 4.69) is 34.1 Å². The van der Waals surface area contributed by atoms with Gasteiger partial charge in [0, 0.05) is 34.2 Å². The lowest BCUT2D eigenvalue weighted by Gasteiger charge is -2.38. The molecule has 2 aliphatic rings. The van der Waals surface area contributed by atoms with Gasteiger partial charge in [-0.3, -0.25) is 10.1 Å². The second-order valence-electron chi connectivity index (χ2n) is 7.01. The van der Waals surface area contributed by atoms with Crippen molar-refractivity contribution >= 4 is 27.3 Å². The van der Waals surface area contributed by atoms with Crippen LogP contribution in [0.4, 0.5) is 5.69 Å². The van der Waals surface area contributed by atoms with E-state index in [1.165, 1.54) is 12.1 Å². The van der Waals surface area contributed by atoms with E-state index >= 15 is 0 Å². The lowest BCUT2D eigenvalue weighted by Crippen LogP contribution is -2.33. The molecule has 0 aliphatic carbocycles. The molecule has 29 heavy (non-hydrogen) atoms. The molecule has 0 fully saturated rings. The van der Waals surface area contributed by atoms with E-state index in [-0.39, 0.29) is 11.7 Å². The van der Waals surface area contributed by atoms with Gasteiger partial charge in [-0.05, 0) is 35.9 Å². The lowest BCUT2D eigenvalue weighted by atomic mass is 9.96. The maximum atomic E-state index is 11.0. The molecule has 0 aromatic heterocycles. The van der Waals surface area contributed by atoms with Gasteiger partial charge in [0.2, 0.25) is 6.23 Å². The van der Waals surface area contributed by atoms with Gasteiger partial charge >= 0.3 is 0 Å². The zero-order valence-corrected chi connectivity index (χ0v) is 16.8. The Balaban J connectivity index is 1.56. The summed E-state index contributed by atoms with van der Waals surface area (Å²) in [6, 6.07) is 22.6. The van der Waals surface area contributed by atoms with Gasteiger partial charge in [-0.2, -0.15) is 5.10 Å². The smallest absolute Gasteiger partial charge is 0.269 e. The Labute approximate surface area is 175 Å². The molecule has 0 N–H and O–H groups in total. The molecular formula is C22H16BrN3O3. The second-order valence-corrected chi connectivity index (χ2v) is 7.93. The summed E-state index contributed by atoms with van der Waals surface area (Å²) in [4.78, 5) is 10.6. The monoisotopic (exact) mass is 449 g/mol. The van der Waals surface area contributed by atoms with E-state index in [0.29, 0.717) is 0 Å². The molecule has 2 heterocycles. The number of rotatable bonds is 3. The SMILES string of the molecule is O=[N+]([O-])c1ccc(C2Oc3ccccc3C3CC(c4ccc(Br)cc4)=NN32)cc1. The minimum atomic E-state index is -0.441. The fraction of sp³-hybridized carbons (Fsp3) is 0.136. The summed E-state index contributed by atoms with van der Waals surface area (Å²) in [6.07, 6.45) is 0.328. The molecular weight excluding hydrogens is 434 g/mol. The molecule has 2 aliphatic heterocycles. The fourth-order valence-electron chi connectivity index (χ4n) is 3.83. The first kappa shape index (κ1) is 17.9. The average Bonchev–Trinajstić information content (AvgIpc) is 3.19. The molecule has 6 nitrogen and oxygen atoms in total. The van der Waals surface area contributed by atoms with E-state index < -0.39 is 11.2 Å². The standard InChI is InChI=1S/C22H16BrN3O3/c23-16-9-5-14(6-10-16)19-13-20-18-3-1-2-4-21(18)29-22(25(20)24-19)15-7-11-17(12-8-15)26(27)28/h1-12,20,22H,13H2. The first-order chi connectivity index (χ1) is 14.1. The number of hydrogen-bond donors (Lipinski definition) is 0.